The van der Waals surface area contributed by atoms with Crippen molar-refractivity contribution >= 4 is 57.2 Å². The van der Waals surface area contributed by atoms with Gasteiger partial charge in [0.25, 0.3) is 6.71 Å². The molecule has 0 saturated heterocycles. The molecule has 0 atom stereocenters. The van der Waals surface area contributed by atoms with Gasteiger partial charge in [0.2, 0.25) is 0 Å². The quantitative estimate of drug-likeness (QED) is 0.170. The van der Waals surface area contributed by atoms with Crippen molar-refractivity contribution in [3.8, 4) is 22.3 Å². The molecule has 0 aromatic heterocycles. The van der Waals surface area contributed by atoms with E-state index >= 15 is 0 Å². The highest BCUT2D eigenvalue weighted by molar-refractivity contribution is 7.00. The van der Waals surface area contributed by atoms with Crippen LogP contribution in [-0.2, 0) is 0 Å². The average molecular weight is 655 g/mol. The van der Waals surface area contributed by atoms with E-state index in [-0.39, 0.29) is 6.71 Å². The highest BCUT2D eigenvalue weighted by Gasteiger charge is 2.43. The Kier molecular flexibility index (Phi) is 7.38. The van der Waals surface area contributed by atoms with Gasteiger partial charge in [0, 0.05) is 34.1 Å². The van der Waals surface area contributed by atoms with E-state index in [0.29, 0.717) is 5.92 Å². The van der Waals surface area contributed by atoms with Gasteiger partial charge in [-0.15, -0.1) is 0 Å². The molecule has 0 amide bonds. The first-order valence-corrected chi connectivity index (χ1v) is 18.6. The van der Waals surface area contributed by atoms with Crippen LogP contribution < -0.4 is 26.2 Å². The number of para-hydroxylation sites is 3. The Bertz CT molecular complexity index is 2350. The fourth-order valence-electron chi connectivity index (χ4n) is 9.01. The second-order valence-electron chi connectivity index (χ2n) is 14.4. The summed E-state index contributed by atoms with van der Waals surface area (Å²) in [6, 6.07) is 63.2. The van der Waals surface area contributed by atoms with Crippen molar-refractivity contribution in [1.29, 1.82) is 0 Å². The number of rotatable bonds is 5. The molecule has 1 saturated carbocycles. The van der Waals surface area contributed by atoms with E-state index in [2.05, 4.69) is 180 Å². The average Bonchev–Trinajstić information content (AvgIpc) is 3.21. The lowest BCUT2D eigenvalue weighted by molar-refractivity contribution is 0.444. The van der Waals surface area contributed by atoms with Crippen molar-refractivity contribution in [3.63, 3.8) is 0 Å². The van der Waals surface area contributed by atoms with Crippen LogP contribution in [0, 0.1) is 0 Å². The molecule has 7 aromatic carbocycles. The van der Waals surface area contributed by atoms with E-state index in [1.807, 2.05) is 0 Å². The molecule has 1 fully saturated rings. The predicted molar refractivity (Wildman–Crippen MR) is 217 cm³/mol. The van der Waals surface area contributed by atoms with E-state index in [4.69, 9.17) is 0 Å². The molecular formula is C48H39BN2. The molecule has 2 aliphatic heterocycles. The maximum absolute atomic E-state index is 2.57. The lowest BCUT2D eigenvalue weighted by Crippen LogP contribution is -2.61. The molecule has 244 valence electrons. The first-order chi connectivity index (χ1) is 25.3. The van der Waals surface area contributed by atoms with E-state index < -0.39 is 0 Å². The van der Waals surface area contributed by atoms with Gasteiger partial charge in [0.15, 0.2) is 0 Å². The minimum atomic E-state index is 0.121. The Morgan fingerprint density at radius 2 is 0.882 bits per heavy atom. The SMILES string of the molecule is c1ccc(-c2ccc(-c3ccc4c(c3)N(c3ccccc3)c3cc(C5CCCCC5)cc5c3B4c3ccccc3N5c3ccccc3)cc2)cc1. The van der Waals surface area contributed by atoms with E-state index in [0.717, 1.165) is 0 Å². The molecule has 51 heavy (non-hydrogen) atoms. The third-order valence-corrected chi connectivity index (χ3v) is 11.4. The van der Waals surface area contributed by atoms with Crippen molar-refractivity contribution in [2.24, 2.45) is 0 Å². The smallest absolute Gasteiger partial charge is 0.252 e. The van der Waals surface area contributed by atoms with Crippen molar-refractivity contribution in [2.75, 3.05) is 9.80 Å². The minimum Gasteiger partial charge on any atom is -0.311 e. The Balaban J connectivity index is 1.22. The van der Waals surface area contributed by atoms with Gasteiger partial charge in [0.1, 0.15) is 0 Å². The fourth-order valence-corrected chi connectivity index (χ4v) is 9.01. The van der Waals surface area contributed by atoms with Gasteiger partial charge in [-0.25, -0.2) is 0 Å². The number of hydrogen-bond acceptors (Lipinski definition) is 2. The van der Waals surface area contributed by atoms with Crippen LogP contribution in [0.3, 0.4) is 0 Å². The standard InChI is InChI=1S/C48H39BN2/c1-5-15-34(16-6-1)36-25-27-37(28-26-36)38-29-30-43-45(31-38)51(41-21-11-4-12-22-41)47-33-39(35-17-7-2-8-18-35)32-46-48(47)49(43)42-23-13-14-24-44(42)50(46)40-19-9-3-10-20-40/h1,3-6,9-16,19-33,35H,2,7-8,17-18H2. The van der Waals surface area contributed by atoms with E-state index in [1.54, 1.807) is 0 Å². The summed E-state index contributed by atoms with van der Waals surface area (Å²) < 4.78 is 0. The largest absolute Gasteiger partial charge is 0.311 e. The molecule has 2 nitrogen and oxygen atoms in total. The van der Waals surface area contributed by atoms with E-state index in [1.165, 1.54) is 110 Å². The summed E-state index contributed by atoms with van der Waals surface area (Å²) in [5, 5.41) is 0. The number of benzene rings is 7. The van der Waals surface area contributed by atoms with Gasteiger partial charge < -0.3 is 9.80 Å². The monoisotopic (exact) mass is 654 g/mol. The number of fused-ring (bicyclic) bond motifs is 4. The summed E-state index contributed by atoms with van der Waals surface area (Å²) in [5.41, 5.74) is 18.1. The summed E-state index contributed by atoms with van der Waals surface area (Å²) in [4.78, 5) is 5.10. The summed E-state index contributed by atoms with van der Waals surface area (Å²) >= 11 is 0. The van der Waals surface area contributed by atoms with Crippen LogP contribution in [0.25, 0.3) is 22.3 Å². The minimum absolute atomic E-state index is 0.121. The van der Waals surface area contributed by atoms with Crippen LogP contribution in [-0.4, -0.2) is 6.71 Å². The van der Waals surface area contributed by atoms with Gasteiger partial charge in [-0.2, -0.15) is 0 Å². The zero-order valence-corrected chi connectivity index (χ0v) is 28.8. The molecular weight excluding hydrogens is 615 g/mol. The molecule has 7 aromatic rings. The van der Waals surface area contributed by atoms with Gasteiger partial charge in [-0.3, -0.25) is 0 Å². The maximum atomic E-state index is 2.57. The summed E-state index contributed by atoms with van der Waals surface area (Å²) in [7, 11) is 0. The van der Waals surface area contributed by atoms with Gasteiger partial charge in [-0.1, -0.05) is 141 Å². The number of hydrogen-bond donors (Lipinski definition) is 0. The second-order valence-corrected chi connectivity index (χ2v) is 14.4. The van der Waals surface area contributed by atoms with Crippen molar-refractivity contribution in [3.05, 3.63) is 175 Å². The molecule has 10 rings (SSSR count). The molecule has 1 aliphatic carbocycles. The van der Waals surface area contributed by atoms with Crippen molar-refractivity contribution in [1.82, 2.24) is 0 Å². The zero-order valence-electron chi connectivity index (χ0n) is 28.8. The van der Waals surface area contributed by atoms with Crippen LogP contribution in [0.2, 0.25) is 0 Å². The van der Waals surface area contributed by atoms with Crippen molar-refractivity contribution < 1.29 is 0 Å². The molecule has 0 bridgehead atoms. The van der Waals surface area contributed by atoms with Gasteiger partial charge in [0.05, 0.1) is 0 Å². The third kappa shape index (κ3) is 5.10. The Morgan fingerprint density at radius 1 is 0.392 bits per heavy atom. The summed E-state index contributed by atoms with van der Waals surface area (Å²) in [6.07, 6.45) is 6.48. The van der Waals surface area contributed by atoms with Crippen molar-refractivity contribution in [2.45, 2.75) is 38.0 Å². The first kappa shape index (κ1) is 30.1. The highest BCUT2D eigenvalue weighted by Crippen LogP contribution is 2.47. The van der Waals surface area contributed by atoms with Crippen LogP contribution in [0.1, 0.15) is 43.6 Å². The fraction of sp³-hybridized carbons (Fsp3) is 0.125. The maximum Gasteiger partial charge on any atom is 0.252 e. The first-order valence-electron chi connectivity index (χ1n) is 18.6. The van der Waals surface area contributed by atoms with Crippen LogP contribution >= 0.6 is 0 Å². The van der Waals surface area contributed by atoms with Gasteiger partial charge >= 0.3 is 0 Å². The third-order valence-electron chi connectivity index (χ3n) is 11.4. The molecule has 0 radical (unpaired) electrons. The topological polar surface area (TPSA) is 6.48 Å². The molecule has 0 N–H and O–H groups in total. The second kappa shape index (κ2) is 12.5. The summed E-state index contributed by atoms with van der Waals surface area (Å²) in [5.74, 6) is 0.571. The Labute approximate surface area is 301 Å². The Morgan fingerprint density at radius 3 is 1.53 bits per heavy atom. The molecule has 3 aliphatic rings. The zero-order chi connectivity index (χ0) is 33.7. The molecule has 0 unspecified atom stereocenters. The van der Waals surface area contributed by atoms with E-state index in [9.17, 15) is 0 Å². The molecule has 3 heteroatoms. The lowest BCUT2D eigenvalue weighted by Gasteiger charge is -2.45. The van der Waals surface area contributed by atoms with Crippen LogP contribution in [0.5, 0.6) is 0 Å². The lowest BCUT2D eigenvalue weighted by atomic mass is 9.33. The summed E-state index contributed by atoms with van der Waals surface area (Å²) in [6.45, 7) is 0.121. The Hall–Kier alpha value is -5.80. The predicted octanol–water partition coefficient (Wildman–Crippen LogP) is 11.2. The molecule has 0 spiro atoms. The molecule has 2 heterocycles. The number of anilines is 6. The number of nitrogens with zero attached hydrogens (tertiary/aromatic N) is 2. The normalized spacial score (nSPS) is 14.9. The highest BCUT2D eigenvalue weighted by atomic mass is 15.2. The van der Waals surface area contributed by atoms with Gasteiger partial charge in [-0.05, 0) is 111 Å². The van der Waals surface area contributed by atoms with Crippen LogP contribution in [0.15, 0.2) is 170 Å². The van der Waals surface area contributed by atoms with Crippen LogP contribution in [0.4, 0.5) is 34.1 Å².